The number of anilines is 1. The van der Waals surface area contributed by atoms with Gasteiger partial charge in [-0.1, -0.05) is 88.4 Å². The van der Waals surface area contributed by atoms with Crippen LogP contribution >= 0.6 is 0 Å². The van der Waals surface area contributed by atoms with Gasteiger partial charge in [-0.15, -0.1) is 0 Å². The number of methoxy groups -OCH3 is 1. The summed E-state index contributed by atoms with van der Waals surface area (Å²) in [5.74, 6) is 1.42. The average Bonchev–Trinajstić information content (AvgIpc) is 2.80. The summed E-state index contributed by atoms with van der Waals surface area (Å²) < 4.78 is 5.30. The van der Waals surface area contributed by atoms with E-state index in [2.05, 4.69) is 68.7 Å². The zero-order valence-electron chi connectivity index (χ0n) is 19.7. The number of hydrogen-bond acceptors (Lipinski definition) is 3. The molecule has 1 atom stereocenters. The second kappa shape index (κ2) is 11.0. The van der Waals surface area contributed by atoms with E-state index in [4.69, 9.17) is 4.74 Å². The SMILES string of the molecule is COc1ccc(C(NCC(=O)Nc2c(C(C)C)cccc2C(C)C)c2ccccc2)cc1. The third-order valence-corrected chi connectivity index (χ3v) is 5.69. The van der Waals surface area contributed by atoms with Crippen LogP contribution in [0.3, 0.4) is 0 Å². The fourth-order valence-electron chi connectivity index (χ4n) is 3.94. The van der Waals surface area contributed by atoms with Crippen LogP contribution in [0.25, 0.3) is 0 Å². The van der Waals surface area contributed by atoms with Gasteiger partial charge in [0.05, 0.1) is 19.7 Å². The highest BCUT2D eigenvalue weighted by atomic mass is 16.5. The lowest BCUT2D eigenvalue weighted by Gasteiger charge is -2.22. The normalized spacial score (nSPS) is 12.1. The number of rotatable bonds is 9. The molecule has 168 valence electrons. The standard InChI is InChI=1S/C28H34N2O2/c1-19(2)24-12-9-13-25(20(3)4)28(24)30-26(31)18-29-27(21-10-7-6-8-11-21)22-14-16-23(32-5)17-15-22/h6-17,19-20,27,29H,18H2,1-5H3,(H,30,31). The molecule has 0 saturated carbocycles. The third kappa shape index (κ3) is 5.77. The fraction of sp³-hybridized carbons (Fsp3) is 0.321. The van der Waals surface area contributed by atoms with Crippen LogP contribution in [0.4, 0.5) is 5.69 Å². The van der Waals surface area contributed by atoms with Crippen molar-refractivity contribution in [2.24, 2.45) is 0 Å². The van der Waals surface area contributed by atoms with Gasteiger partial charge in [-0.3, -0.25) is 10.1 Å². The third-order valence-electron chi connectivity index (χ3n) is 5.69. The Bertz CT molecular complexity index is 985. The number of ether oxygens (including phenoxy) is 1. The van der Waals surface area contributed by atoms with Crippen LogP contribution in [0.2, 0.25) is 0 Å². The van der Waals surface area contributed by atoms with Gasteiger partial charge in [0.2, 0.25) is 5.91 Å². The molecule has 1 unspecified atom stereocenters. The molecule has 1 amide bonds. The van der Waals surface area contributed by atoms with Crippen LogP contribution in [-0.4, -0.2) is 19.6 Å². The van der Waals surface area contributed by atoms with Gasteiger partial charge >= 0.3 is 0 Å². The molecule has 0 saturated heterocycles. The highest BCUT2D eigenvalue weighted by Gasteiger charge is 2.18. The van der Waals surface area contributed by atoms with E-state index in [0.717, 1.165) is 22.6 Å². The smallest absolute Gasteiger partial charge is 0.238 e. The van der Waals surface area contributed by atoms with Crippen LogP contribution in [0.5, 0.6) is 5.75 Å². The van der Waals surface area contributed by atoms with Crippen molar-refractivity contribution in [1.29, 1.82) is 0 Å². The molecule has 4 nitrogen and oxygen atoms in total. The predicted molar refractivity (Wildman–Crippen MR) is 133 cm³/mol. The van der Waals surface area contributed by atoms with Gasteiger partial charge < -0.3 is 10.1 Å². The van der Waals surface area contributed by atoms with E-state index in [-0.39, 0.29) is 18.5 Å². The Kier molecular flexibility index (Phi) is 8.07. The maximum atomic E-state index is 13.0. The van der Waals surface area contributed by atoms with Crippen molar-refractivity contribution < 1.29 is 9.53 Å². The molecule has 0 heterocycles. The molecule has 4 heteroatoms. The molecular formula is C28H34N2O2. The summed E-state index contributed by atoms with van der Waals surface area (Å²) in [6.45, 7) is 8.82. The van der Waals surface area contributed by atoms with E-state index >= 15 is 0 Å². The maximum Gasteiger partial charge on any atom is 0.238 e. The Balaban J connectivity index is 1.80. The van der Waals surface area contributed by atoms with Crippen LogP contribution in [0, 0.1) is 0 Å². The second-order valence-electron chi connectivity index (χ2n) is 8.67. The van der Waals surface area contributed by atoms with Gasteiger partial charge in [-0.2, -0.15) is 0 Å². The van der Waals surface area contributed by atoms with Crippen molar-refractivity contribution in [1.82, 2.24) is 5.32 Å². The number of para-hydroxylation sites is 1. The summed E-state index contributed by atoms with van der Waals surface area (Å²) in [6, 6.07) is 24.3. The van der Waals surface area contributed by atoms with Crippen molar-refractivity contribution in [2.45, 2.75) is 45.6 Å². The maximum absolute atomic E-state index is 13.0. The molecule has 0 bridgehead atoms. The molecule has 2 N–H and O–H groups in total. The first-order valence-electron chi connectivity index (χ1n) is 11.3. The lowest BCUT2D eigenvalue weighted by Crippen LogP contribution is -2.32. The number of carbonyl (C=O) groups excluding carboxylic acids is 1. The van der Waals surface area contributed by atoms with Gasteiger partial charge in [0.1, 0.15) is 5.75 Å². The van der Waals surface area contributed by atoms with Gasteiger partial charge in [-0.25, -0.2) is 0 Å². The molecule has 0 aliphatic heterocycles. The minimum absolute atomic E-state index is 0.0468. The fourth-order valence-corrected chi connectivity index (χ4v) is 3.94. The van der Waals surface area contributed by atoms with Gasteiger partial charge in [0.15, 0.2) is 0 Å². The molecule has 0 aliphatic carbocycles. The number of hydrogen-bond donors (Lipinski definition) is 2. The Morgan fingerprint density at radius 3 is 1.88 bits per heavy atom. The first-order chi connectivity index (χ1) is 15.4. The summed E-state index contributed by atoms with van der Waals surface area (Å²) in [4.78, 5) is 13.0. The van der Waals surface area contributed by atoms with Crippen LogP contribution in [0.1, 0.15) is 67.8 Å². The molecule has 0 fully saturated rings. The average molecular weight is 431 g/mol. The van der Waals surface area contributed by atoms with E-state index in [0.29, 0.717) is 11.8 Å². The van der Waals surface area contributed by atoms with Crippen LogP contribution in [-0.2, 0) is 4.79 Å². The number of benzene rings is 3. The number of carbonyl (C=O) groups is 1. The van der Waals surface area contributed by atoms with Crippen LogP contribution in [0.15, 0.2) is 72.8 Å². The first kappa shape index (κ1) is 23.6. The van der Waals surface area contributed by atoms with E-state index in [1.807, 2.05) is 42.5 Å². The summed E-state index contributed by atoms with van der Waals surface area (Å²) in [6.07, 6.45) is 0. The van der Waals surface area contributed by atoms with E-state index in [9.17, 15) is 4.79 Å². The molecule has 0 spiro atoms. The molecule has 32 heavy (non-hydrogen) atoms. The largest absolute Gasteiger partial charge is 0.497 e. The summed E-state index contributed by atoms with van der Waals surface area (Å²) in [5, 5.41) is 6.65. The Hall–Kier alpha value is -3.11. The van der Waals surface area contributed by atoms with Crippen LogP contribution < -0.4 is 15.4 Å². The van der Waals surface area contributed by atoms with Gasteiger partial charge in [0, 0.05) is 5.69 Å². The molecule has 0 radical (unpaired) electrons. The number of nitrogens with one attached hydrogen (secondary N) is 2. The van der Waals surface area contributed by atoms with Crippen molar-refractivity contribution >= 4 is 11.6 Å². The van der Waals surface area contributed by atoms with Crippen molar-refractivity contribution in [3.63, 3.8) is 0 Å². The zero-order valence-corrected chi connectivity index (χ0v) is 19.7. The topological polar surface area (TPSA) is 50.4 Å². The molecular weight excluding hydrogens is 396 g/mol. The Morgan fingerprint density at radius 2 is 1.34 bits per heavy atom. The molecule has 3 aromatic carbocycles. The summed E-state index contributed by atoms with van der Waals surface area (Å²) in [7, 11) is 1.66. The number of amides is 1. The van der Waals surface area contributed by atoms with Crippen molar-refractivity contribution in [3.05, 3.63) is 95.1 Å². The summed E-state index contributed by atoms with van der Waals surface area (Å²) in [5.41, 5.74) is 5.47. The zero-order chi connectivity index (χ0) is 23.1. The Morgan fingerprint density at radius 1 is 0.781 bits per heavy atom. The first-order valence-corrected chi connectivity index (χ1v) is 11.3. The lowest BCUT2D eigenvalue weighted by molar-refractivity contribution is -0.115. The molecule has 3 aromatic rings. The van der Waals surface area contributed by atoms with E-state index in [1.54, 1.807) is 7.11 Å². The van der Waals surface area contributed by atoms with E-state index < -0.39 is 0 Å². The minimum atomic E-state index is -0.0993. The molecule has 3 rings (SSSR count). The monoisotopic (exact) mass is 430 g/mol. The van der Waals surface area contributed by atoms with Gasteiger partial charge in [0.25, 0.3) is 0 Å². The minimum Gasteiger partial charge on any atom is -0.497 e. The molecule has 0 aromatic heterocycles. The molecule has 0 aliphatic rings. The van der Waals surface area contributed by atoms with Crippen molar-refractivity contribution in [2.75, 3.05) is 19.0 Å². The second-order valence-corrected chi connectivity index (χ2v) is 8.67. The quantitative estimate of drug-likeness (QED) is 0.421. The predicted octanol–water partition coefficient (Wildman–Crippen LogP) is 6.26. The highest BCUT2D eigenvalue weighted by Crippen LogP contribution is 2.32. The van der Waals surface area contributed by atoms with E-state index in [1.165, 1.54) is 11.1 Å². The highest BCUT2D eigenvalue weighted by molar-refractivity contribution is 5.94. The Labute approximate surface area is 192 Å². The van der Waals surface area contributed by atoms with Gasteiger partial charge in [-0.05, 0) is 46.2 Å². The lowest BCUT2D eigenvalue weighted by atomic mass is 9.92. The summed E-state index contributed by atoms with van der Waals surface area (Å²) >= 11 is 0. The van der Waals surface area contributed by atoms with Crippen molar-refractivity contribution in [3.8, 4) is 5.75 Å².